The first-order chi connectivity index (χ1) is 5.86. The van der Waals surface area contributed by atoms with Gasteiger partial charge < -0.3 is 0 Å². The maximum Gasteiger partial charge on any atom is -0.00258 e. The Kier molecular flexibility index (Phi) is 1.83. The molecule has 0 saturated heterocycles. The summed E-state index contributed by atoms with van der Waals surface area (Å²) in [7, 11) is 0. The van der Waals surface area contributed by atoms with E-state index in [-0.39, 0.29) is 0 Å². The second-order valence-electron chi connectivity index (χ2n) is 3.18. The van der Waals surface area contributed by atoms with E-state index in [4.69, 9.17) is 0 Å². The van der Waals surface area contributed by atoms with Crippen LogP contribution in [0.4, 0.5) is 0 Å². The van der Waals surface area contributed by atoms with Crippen LogP contribution in [-0.4, -0.2) is 0 Å². The van der Waals surface area contributed by atoms with Gasteiger partial charge in [0.15, 0.2) is 0 Å². The van der Waals surface area contributed by atoms with Crippen LogP contribution in [0.5, 0.6) is 0 Å². The third-order valence-corrected chi connectivity index (χ3v) is 2.19. The molecule has 0 aromatic carbocycles. The number of hydrogen-bond donors (Lipinski definition) is 0. The summed E-state index contributed by atoms with van der Waals surface area (Å²) >= 11 is 0. The van der Waals surface area contributed by atoms with Gasteiger partial charge in [0.25, 0.3) is 0 Å². The molecule has 2 rings (SSSR count). The molecule has 2 aliphatic carbocycles. The lowest BCUT2D eigenvalue weighted by molar-refractivity contribution is 1.17. The molecule has 0 bridgehead atoms. The van der Waals surface area contributed by atoms with E-state index >= 15 is 0 Å². The summed E-state index contributed by atoms with van der Waals surface area (Å²) in [5.41, 5.74) is 3.98. The Morgan fingerprint density at radius 2 is 2.17 bits per heavy atom. The zero-order valence-corrected chi connectivity index (χ0v) is 7.09. The van der Waals surface area contributed by atoms with Crippen LogP contribution in [0.1, 0.15) is 12.8 Å². The van der Waals surface area contributed by atoms with E-state index in [1.807, 2.05) is 0 Å². The third-order valence-electron chi connectivity index (χ3n) is 2.19. The minimum atomic E-state index is 1.01. The van der Waals surface area contributed by atoms with Crippen LogP contribution in [0.3, 0.4) is 0 Å². The molecular weight excluding hydrogens is 144 g/mol. The molecule has 12 heavy (non-hydrogen) atoms. The molecular formula is C12H12. The Morgan fingerprint density at radius 3 is 2.83 bits per heavy atom. The molecule has 0 fully saturated rings. The first kappa shape index (κ1) is 7.35. The highest BCUT2D eigenvalue weighted by molar-refractivity contribution is 5.49. The lowest BCUT2D eigenvalue weighted by Gasteiger charge is -2.10. The highest BCUT2D eigenvalue weighted by Crippen LogP contribution is 2.26. The first-order valence-corrected chi connectivity index (χ1v) is 4.28. The number of allylic oxidation sites excluding steroid dienone is 9. The molecule has 0 unspecified atom stereocenters. The molecule has 0 heterocycles. The highest BCUT2D eigenvalue weighted by Gasteiger charge is 2.07. The summed E-state index contributed by atoms with van der Waals surface area (Å²) in [4.78, 5) is 0. The van der Waals surface area contributed by atoms with Gasteiger partial charge in [-0.25, -0.2) is 0 Å². The lowest BCUT2D eigenvalue weighted by atomic mass is 9.95. The standard InChI is InChI=1S/C12H12/c1-10-5-4-8-12(9-10)11-6-2-3-7-11/h2,4-8H,1,3,9H2. The van der Waals surface area contributed by atoms with Gasteiger partial charge in [0, 0.05) is 0 Å². The van der Waals surface area contributed by atoms with Crippen LogP contribution < -0.4 is 0 Å². The van der Waals surface area contributed by atoms with Crippen molar-refractivity contribution in [1.29, 1.82) is 0 Å². The van der Waals surface area contributed by atoms with Crippen molar-refractivity contribution in [2.24, 2.45) is 0 Å². The third kappa shape index (κ3) is 1.33. The van der Waals surface area contributed by atoms with Gasteiger partial charge in [0.05, 0.1) is 0 Å². The van der Waals surface area contributed by atoms with E-state index < -0.39 is 0 Å². The Morgan fingerprint density at radius 1 is 1.25 bits per heavy atom. The molecule has 60 valence electrons. The molecule has 0 aliphatic heterocycles. The van der Waals surface area contributed by atoms with E-state index in [0.29, 0.717) is 0 Å². The summed E-state index contributed by atoms with van der Waals surface area (Å²) < 4.78 is 0. The SMILES string of the molecule is C=C1C=CC=C(C2=CCC=C2)C1. The molecule has 0 heteroatoms. The zero-order chi connectivity index (χ0) is 8.39. The largest absolute Gasteiger partial charge is 0.0955 e. The van der Waals surface area contributed by atoms with E-state index in [1.165, 1.54) is 16.7 Å². The molecule has 2 aliphatic rings. The van der Waals surface area contributed by atoms with Crippen molar-refractivity contribution in [2.45, 2.75) is 12.8 Å². The Labute approximate surface area is 73.3 Å². The van der Waals surface area contributed by atoms with Crippen molar-refractivity contribution in [3.8, 4) is 0 Å². The summed E-state index contributed by atoms with van der Waals surface area (Å²) in [6, 6.07) is 0. The van der Waals surface area contributed by atoms with Crippen molar-refractivity contribution >= 4 is 0 Å². The van der Waals surface area contributed by atoms with Gasteiger partial charge in [0.2, 0.25) is 0 Å². The molecule has 0 amide bonds. The average molecular weight is 156 g/mol. The predicted octanol–water partition coefficient (Wildman–Crippen LogP) is 3.32. The molecule has 0 atom stereocenters. The van der Waals surface area contributed by atoms with Gasteiger partial charge in [0.1, 0.15) is 0 Å². The molecule has 0 saturated carbocycles. The van der Waals surface area contributed by atoms with Crippen molar-refractivity contribution in [3.05, 3.63) is 59.8 Å². The molecule has 0 radical (unpaired) electrons. The van der Waals surface area contributed by atoms with Gasteiger partial charge in [-0.15, -0.1) is 0 Å². The van der Waals surface area contributed by atoms with Gasteiger partial charge in [-0.3, -0.25) is 0 Å². The predicted molar refractivity (Wildman–Crippen MR) is 52.8 cm³/mol. The number of rotatable bonds is 1. The quantitative estimate of drug-likeness (QED) is 0.546. The van der Waals surface area contributed by atoms with E-state index in [2.05, 4.69) is 43.0 Å². The maximum absolute atomic E-state index is 3.96. The van der Waals surface area contributed by atoms with Crippen LogP contribution >= 0.6 is 0 Å². The van der Waals surface area contributed by atoms with E-state index in [9.17, 15) is 0 Å². The van der Waals surface area contributed by atoms with Crippen LogP contribution in [-0.2, 0) is 0 Å². The fourth-order valence-electron chi connectivity index (χ4n) is 1.56. The van der Waals surface area contributed by atoms with Gasteiger partial charge in [-0.2, -0.15) is 0 Å². The van der Waals surface area contributed by atoms with E-state index in [0.717, 1.165) is 12.8 Å². The monoisotopic (exact) mass is 156 g/mol. The zero-order valence-electron chi connectivity index (χ0n) is 7.09. The maximum atomic E-state index is 3.96. The van der Waals surface area contributed by atoms with Crippen molar-refractivity contribution in [2.75, 3.05) is 0 Å². The Hall–Kier alpha value is -1.30. The van der Waals surface area contributed by atoms with Crippen molar-refractivity contribution in [3.63, 3.8) is 0 Å². The Balaban J connectivity index is 2.24. The molecule has 0 aromatic rings. The summed E-state index contributed by atoms with van der Waals surface area (Å²) in [5.74, 6) is 0. The second-order valence-corrected chi connectivity index (χ2v) is 3.18. The van der Waals surface area contributed by atoms with Crippen LogP contribution in [0.25, 0.3) is 0 Å². The molecule has 0 aromatic heterocycles. The number of hydrogen-bond acceptors (Lipinski definition) is 0. The summed E-state index contributed by atoms with van der Waals surface area (Å²) in [6.07, 6.45) is 15.1. The van der Waals surface area contributed by atoms with Gasteiger partial charge in [-0.1, -0.05) is 48.6 Å². The normalized spacial score (nSPS) is 21.2. The van der Waals surface area contributed by atoms with Crippen LogP contribution in [0, 0.1) is 0 Å². The minimum Gasteiger partial charge on any atom is -0.0955 e. The topological polar surface area (TPSA) is 0 Å². The Bertz CT molecular complexity index is 322. The van der Waals surface area contributed by atoms with Gasteiger partial charge in [-0.05, 0) is 24.0 Å². The average Bonchev–Trinajstić information content (AvgIpc) is 2.56. The minimum absolute atomic E-state index is 1.01. The van der Waals surface area contributed by atoms with Crippen molar-refractivity contribution in [1.82, 2.24) is 0 Å². The molecule has 0 nitrogen and oxygen atoms in total. The fourth-order valence-corrected chi connectivity index (χ4v) is 1.56. The highest BCUT2D eigenvalue weighted by atomic mass is 14.1. The molecule has 0 spiro atoms. The molecule has 0 N–H and O–H groups in total. The van der Waals surface area contributed by atoms with Gasteiger partial charge >= 0.3 is 0 Å². The van der Waals surface area contributed by atoms with Crippen LogP contribution in [0.2, 0.25) is 0 Å². The fraction of sp³-hybridized carbons (Fsp3) is 0.167. The lowest BCUT2D eigenvalue weighted by Crippen LogP contribution is -1.90. The first-order valence-electron chi connectivity index (χ1n) is 4.28. The summed E-state index contributed by atoms with van der Waals surface area (Å²) in [6.45, 7) is 3.96. The van der Waals surface area contributed by atoms with Crippen molar-refractivity contribution < 1.29 is 0 Å². The van der Waals surface area contributed by atoms with Crippen LogP contribution in [0.15, 0.2) is 59.8 Å². The second kappa shape index (κ2) is 2.98. The smallest absolute Gasteiger partial charge is 0.00258 e. The van der Waals surface area contributed by atoms with E-state index in [1.54, 1.807) is 0 Å². The summed E-state index contributed by atoms with van der Waals surface area (Å²) in [5, 5.41) is 0.